The number of pyridine rings is 1. The number of hydrogen-bond acceptors (Lipinski definition) is 4. The minimum atomic E-state index is -0.0112. The van der Waals surface area contributed by atoms with Crippen LogP contribution in [0.2, 0.25) is 0 Å². The average molecular weight is 335 g/mol. The standard InChI is InChI=1S/C19H21N5O/c1-13-11-14(2)24-18(22-13)15(12-21-24)19(25)23-10-6-4-8-17(23)16-7-3-5-9-20-16/h3,5,7,9,11-12,17H,4,6,8,10H2,1-2H3/t17-/m0/s1. The SMILES string of the molecule is Cc1cc(C)n2ncc(C(=O)N3CCCC[C@H]3c3ccccn3)c2n1. The van der Waals surface area contributed by atoms with Gasteiger partial charge in [0, 0.05) is 24.1 Å². The van der Waals surface area contributed by atoms with Crippen molar-refractivity contribution in [3.05, 3.63) is 59.3 Å². The number of carbonyl (C=O) groups excluding carboxylic acids is 1. The maximum Gasteiger partial charge on any atom is 0.259 e. The number of aryl methyl sites for hydroxylation is 2. The maximum absolute atomic E-state index is 13.3. The van der Waals surface area contributed by atoms with Gasteiger partial charge in [-0.1, -0.05) is 6.07 Å². The van der Waals surface area contributed by atoms with Gasteiger partial charge in [0.05, 0.1) is 17.9 Å². The Balaban J connectivity index is 1.74. The summed E-state index contributed by atoms with van der Waals surface area (Å²) in [6.07, 6.45) is 6.49. The van der Waals surface area contributed by atoms with E-state index in [1.807, 2.05) is 43.0 Å². The van der Waals surface area contributed by atoms with Gasteiger partial charge in [-0.3, -0.25) is 9.78 Å². The van der Waals surface area contributed by atoms with Crippen LogP contribution in [-0.2, 0) is 0 Å². The number of likely N-dealkylation sites (tertiary alicyclic amines) is 1. The summed E-state index contributed by atoms with van der Waals surface area (Å²) in [6, 6.07) is 7.86. The van der Waals surface area contributed by atoms with Crippen LogP contribution in [0.5, 0.6) is 0 Å². The number of fused-ring (bicyclic) bond motifs is 1. The lowest BCUT2D eigenvalue weighted by Crippen LogP contribution is -2.38. The normalized spacial score (nSPS) is 17.8. The Bertz CT molecular complexity index is 918. The lowest BCUT2D eigenvalue weighted by atomic mass is 9.98. The monoisotopic (exact) mass is 335 g/mol. The molecule has 0 N–H and O–H groups in total. The Hall–Kier alpha value is -2.76. The molecule has 3 aromatic heterocycles. The number of rotatable bonds is 2. The van der Waals surface area contributed by atoms with Crippen molar-refractivity contribution >= 4 is 11.6 Å². The summed E-state index contributed by atoms with van der Waals surface area (Å²) < 4.78 is 1.74. The number of piperidine rings is 1. The summed E-state index contributed by atoms with van der Waals surface area (Å²) >= 11 is 0. The van der Waals surface area contributed by atoms with Crippen molar-refractivity contribution in [1.82, 2.24) is 24.5 Å². The summed E-state index contributed by atoms with van der Waals surface area (Å²) in [5, 5.41) is 4.36. The lowest BCUT2D eigenvalue weighted by Gasteiger charge is -2.35. The van der Waals surface area contributed by atoms with Gasteiger partial charge < -0.3 is 4.90 Å². The van der Waals surface area contributed by atoms with Crippen LogP contribution in [0.25, 0.3) is 5.65 Å². The van der Waals surface area contributed by atoms with Gasteiger partial charge in [-0.2, -0.15) is 5.10 Å². The highest BCUT2D eigenvalue weighted by Crippen LogP contribution is 2.31. The summed E-state index contributed by atoms with van der Waals surface area (Å²) in [5.74, 6) is -0.0112. The second kappa shape index (κ2) is 6.27. The molecule has 25 heavy (non-hydrogen) atoms. The molecule has 4 heterocycles. The van der Waals surface area contributed by atoms with Gasteiger partial charge in [-0.25, -0.2) is 9.50 Å². The van der Waals surface area contributed by atoms with E-state index < -0.39 is 0 Å². The number of hydrogen-bond donors (Lipinski definition) is 0. The molecule has 1 aliphatic heterocycles. The molecule has 0 aliphatic carbocycles. The van der Waals surface area contributed by atoms with Crippen LogP contribution < -0.4 is 0 Å². The highest BCUT2D eigenvalue weighted by atomic mass is 16.2. The van der Waals surface area contributed by atoms with Crippen molar-refractivity contribution in [3.63, 3.8) is 0 Å². The first-order valence-corrected chi connectivity index (χ1v) is 8.69. The maximum atomic E-state index is 13.3. The predicted molar refractivity (Wildman–Crippen MR) is 94.3 cm³/mol. The van der Waals surface area contributed by atoms with Crippen molar-refractivity contribution < 1.29 is 4.79 Å². The molecule has 1 amide bonds. The first-order chi connectivity index (χ1) is 12.1. The molecule has 0 saturated carbocycles. The van der Waals surface area contributed by atoms with Gasteiger partial charge in [0.25, 0.3) is 5.91 Å². The number of nitrogens with zero attached hydrogens (tertiary/aromatic N) is 5. The minimum Gasteiger partial charge on any atom is -0.330 e. The zero-order chi connectivity index (χ0) is 17.4. The highest BCUT2D eigenvalue weighted by molar-refractivity contribution is 6.00. The van der Waals surface area contributed by atoms with Gasteiger partial charge in [0.1, 0.15) is 5.56 Å². The van der Waals surface area contributed by atoms with E-state index in [1.54, 1.807) is 16.9 Å². The number of carbonyl (C=O) groups is 1. The average Bonchev–Trinajstić information content (AvgIpc) is 3.06. The number of amides is 1. The first-order valence-electron chi connectivity index (χ1n) is 8.69. The topological polar surface area (TPSA) is 63.4 Å². The van der Waals surface area contributed by atoms with Crippen LogP contribution in [0.15, 0.2) is 36.7 Å². The molecule has 4 rings (SSSR count). The van der Waals surface area contributed by atoms with Crippen LogP contribution in [0.3, 0.4) is 0 Å². The molecule has 128 valence electrons. The van der Waals surface area contributed by atoms with Crippen LogP contribution in [0.1, 0.15) is 52.7 Å². The summed E-state index contributed by atoms with van der Waals surface area (Å²) in [5.41, 5.74) is 4.01. The Kier molecular flexibility index (Phi) is 3.95. The van der Waals surface area contributed by atoms with Gasteiger partial charge in [0.2, 0.25) is 0 Å². The van der Waals surface area contributed by atoms with Crippen LogP contribution in [0, 0.1) is 13.8 Å². The second-order valence-electron chi connectivity index (χ2n) is 6.60. The summed E-state index contributed by atoms with van der Waals surface area (Å²) in [6.45, 7) is 4.65. The molecule has 6 nitrogen and oxygen atoms in total. The van der Waals surface area contributed by atoms with Crippen LogP contribution in [0.4, 0.5) is 0 Å². The van der Waals surface area contributed by atoms with E-state index in [0.29, 0.717) is 11.2 Å². The Morgan fingerprint density at radius 2 is 2.12 bits per heavy atom. The van der Waals surface area contributed by atoms with Crippen molar-refractivity contribution in [2.24, 2.45) is 0 Å². The fourth-order valence-corrected chi connectivity index (χ4v) is 3.63. The molecule has 0 unspecified atom stereocenters. The van der Waals surface area contributed by atoms with Crippen molar-refractivity contribution in [2.75, 3.05) is 6.54 Å². The van der Waals surface area contributed by atoms with E-state index in [-0.39, 0.29) is 11.9 Å². The summed E-state index contributed by atoms with van der Waals surface area (Å²) in [4.78, 5) is 24.2. The fourth-order valence-electron chi connectivity index (χ4n) is 3.63. The van der Waals surface area contributed by atoms with E-state index in [0.717, 1.165) is 42.9 Å². The van der Waals surface area contributed by atoms with E-state index in [9.17, 15) is 4.79 Å². The van der Waals surface area contributed by atoms with Crippen LogP contribution >= 0.6 is 0 Å². The smallest absolute Gasteiger partial charge is 0.259 e. The Morgan fingerprint density at radius 3 is 2.92 bits per heavy atom. The molecule has 3 aromatic rings. The van der Waals surface area contributed by atoms with Gasteiger partial charge in [-0.15, -0.1) is 0 Å². The quantitative estimate of drug-likeness (QED) is 0.722. The molecule has 0 aromatic carbocycles. The van der Waals surface area contributed by atoms with Gasteiger partial charge in [-0.05, 0) is 51.3 Å². The Labute approximate surface area is 146 Å². The molecule has 6 heteroatoms. The third-order valence-corrected chi connectivity index (χ3v) is 4.80. The molecule has 0 bridgehead atoms. The van der Waals surface area contributed by atoms with E-state index in [4.69, 9.17) is 0 Å². The largest absolute Gasteiger partial charge is 0.330 e. The van der Waals surface area contributed by atoms with Crippen molar-refractivity contribution in [1.29, 1.82) is 0 Å². The molecule has 0 spiro atoms. The third-order valence-electron chi connectivity index (χ3n) is 4.80. The van der Waals surface area contributed by atoms with E-state index >= 15 is 0 Å². The predicted octanol–water partition coefficient (Wildman–Crippen LogP) is 3.11. The van der Waals surface area contributed by atoms with Gasteiger partial charge in [0.15, 0.2) is 5.65 Å². The first kappa shape index (κ1) is 15.7. The third kappa shape index (κ3) is 2.77. The molecule has 1 saturated heterocycles. The fraction of sp³-hybridized carbons (Fsp3) is 0.368. The molecular formula is C19H21N5O. The molecule has 0 radical (unpaired) electrons. The second-order valence-corrected chi connectivity index (χ2v) is 6.60. The van der Waals surface area contributed by atoms with E-state index in [2.05, 4.69) is 15.1 Å². The van der Waals surface area contributed by atoms with Crippen molar-refractivity contribution in [2.45, 2.75) is 39.2 Å². The lowest BCUT2D eigenvalue weighted by molar-refractivity contribution is 0.0608. The van der Waals surface area contributed by atoms with E-state index in [1.165, 1.54) is 0 Å². The zero-order valence-electron chi connectivity index (χ0n) is 14.5. The Morgan fingerprint density at radius 1 is 1.24 bits per heavy atom. The summed E-state index contributed by atoms with van der Waals surface area (Å²) in [7, 11) is 0. The van der Waals surface area contributed by atoms with Crippen molar-refractivity contribution in [3.8, 4) is 0 Å². The molecule has 1 fully saturated rings. The van der Waals surface area contributed by atoms with Crippen LogP contribution in [-0.4, -0.2) is 36.9 Å². The highest BCUT2D eigenvalue weighted by Gasteiger charge is 2.31. The van der Waals surface area contributed by atoms with Gasteiger partial charge >= 0.3 is 0 Å². The number of aromatic nitrogens is 4. The molecule has 1 aliphatic rings. The minimum absolute atomic E-state index is 0.0112. The molecule has 1 atom stereocenters. The molecular weight excluding hydrogens is 314 g/mol. The zero-order valence-corrected chi connectivity index (χ0v) is 14.5.